The van der Waals surface area contributed by atoms with Crippen molar-refractivity contribution in [2.45, 2.75) is 31.7 Å². The Labute approximate surface area is 110 Å². The summed E-state index contributed by atoms with van der Waals surface area (Å²) in [6.45, 7) is -0.0996. The minimum atomic E-state index is -0.551. The third-order valence-electron chi connectivity index (χ3n) is 2.98. The molecule has 1 aromatic carbocycles. The monoisotopic (exact) mass is 271 g/mol. The number of benzene rings is 1. The van der Waals surface area contributed by atoms with Crippen LogP contribution in [0.2, 0.25) is 5.02 Å². The average molecular weight is 272 g/mol. The summed E-state index contributed by atoms with van der Waals surface area (Å²) in [6, 6.07) is 4.38. The minimum Gasteiger partial charge on any atom is -0.484 e. The highest BCUT2D eigenvalue weighted by molar-refractivity contribution is 6.30. The SMILES string of the molecule is O=C(COc1ccc(Cl)c(F)c1)NC1CCCC1. The van der Waals surface area contributed by atoms with Gasteiger partial charge >= 0.3 is 0 Å². The van der Waals surface area contributed by atoms with Gasteiger partial charge in [0.1, 0.15) is 11.6 Å². The molecule has 1 amide bonds. The van der Waals surface area contributed by atoms with Crippen LogP contribution in [0.15, 0.2) is 18.2 Å². The summed E-state index contributed by atoms with van der Waals surface area (Å²) in [6.07, 6.45) is 4.38. The maximum atomic E-state index is 13.1. The number of rotatable bonds is 4. The second kappa shape index (κ2) is 6.05. The van der Waals surface area contributed by atoms with Gasteiger partial charge in [0.25, 0.3) is 5.91 Å². The van der Waals surface area contributed by atoms with E-state index in [9.17, 15) is 9.18 Å². The van der Waals surface area contributed by atoms with Crippen molar-refractivity contribution in [1.82, 2.24) is 5.32 Å². The lowest BCUT2D eigenvalue weighted by molar-refractivity contribution is -0.123. The number of hydrogen-bond acceptors (Lipinski definition) is 2. The lowest BCUT2D eigenvalue weighted by Gasteiger charge is -2.12. The number of hydrogen-bond donors (Lipinski definition) is 1. The first kappa shape index (κ1) is 13.1. The molecule has 0 heterocycles. The van der Waals surface area contributed by atoms with Crippen LogP contribution < -0.4 is 10.1 Å². The lowest BCUT2D eigenvalue weighted by atomic mass is 10.2. The van der Waals surface area contributed by atoms with Crippen LogP contribution in [0, 0.1) is 5.82 Å². The van der Waals surface area contributed by atoms with Crippen LogP contribution in [-0.2, 0) is 4.79 Å². The van der Waals surface area contributed by atoms with Gasteiger partial charge in [-0.2, -0.15) is 0 Å². The summed E-state index contributed by atoms with van der Waals surface area (Å²) < 4.78 is 18.3. The molecule has 18 heavy (non-hydrogen) atoms. The van der Waals surface area contributed by atoms with E-state index in [1.165, 1.54) is 18.2 Å². The molecule has 0 saturated heterocycles. The smallest absolute Gasteiger partial charge is 0.258 e. The standard InChI is InChI=1S/C13H15ClFNO2/c14-11-6-5-10(7-12(11)15)18-8-13(17)16-9-3-1-2-4-9/h5-7,9H,1-4,8H2,(H,16,17). The topological polar surface area (TPSA) is 38.3 Å². The summed E-state index contributed by atoms with van der Waals surface area (Å²) in [5.41, 5.74) is 0. The van der Waals surface area contributed by atoms with Gasteiger partial charge in [-0.3, -0.25) is 4.79 Å². The Morgan fingerprint density at radius 3 is 2.83 bits per heavy atom. The van der Waals surface area contributed by atoms with Crippen molar-refractivity contribution in [3.63, 3.8) is 0 Å². The van der Waals surface area contributed by atoms with Crippen molar-refractivity contribution in [2.24, 2.45) is 0 Å². The van der Waals surface area contributed by atoms with E-state index in [0.717, 1.165) is 25.7 Å². The van der Waals surface area contributed by atoms with Crippen molar-refractivity contribution < 1.29 is 13.9 Å². The number of nitrogens with one attached hydrogen (secondary N) is 1. The van der Waals surface area contributed by atoms with Gasteiger partial charge < -0.3 is 10.1 Å². The maximum absolute atomic E-state index is 13.1. The molecular formula is C13H15ClFNO2. The van der Waals surface area contributed by atoms with E-state index in [1.54, 1.807) is 0 Å². The third-order valence-corrected chi connectivity index (χ3v) is 3.29. The molecule has 98 valence electrons. The first-order valence-corrected chi connectivity index (χ1v) is 6.40. The molecule has 1 N–H and O–H groups in total. The predicted molar refractivity (Wildman–Crippen MR) is 67.3 cm³/mol. The summed E-state index contributed by atoms with van der Waals surface area (Å²) in [5, 5.41) is 2.93. The Hall–Kier alpha value is -1.29. The summed E-state index contributed by atoms with van der Waals surface area (Å²) in [4.78, 5) is 11.6. The molecule has 1 aliphatic carbocycles. The Kier molecular flexibility index (Phi) is 4.42. The fourth-order valence-corrected chi connectivity index (χ4v) is 2.17. The van der Waals surface area contributed by atoms with Gasteiger partial charge in [0.15, 0.2) is 6.61 Å². The zero-order valence-electron chi connectivity index (χ0n) is 9.92. The molecule has 0 radical (unpaired) electrons. The van der Waals surface area contributed by atoms with Gasteiger partial charge in [-0.15, -0.1) is 0 Å². The Bertz CT molecular complexity index is 433. The number of amides is 1. The van der Waals surface area contributed by atoms with E-state index >= 15 is 0 Å². The number of carbonyl (C=O) groups excluding carboxylic acids is 1. The molecule has 1 aromatic rings. The van der Waals surface area contributed by atoms with Crippen molar-refractivity contribution in [2.75, 3.05) is 6.61 Å². The highest BCUT2D eigenvalue weighted by Crippen LogP contribution is 2.20. The van der Waals surface area contributed by atoms with Crippen LogP contribution >= 0.6 is 11.6 Å². The molecular weight excluding hydrogens is 257 g/mol. The molecule has 0 spiro atoms. The van der Waals surface area contributed by atoms with Crippen molar-refractivity contribution in [3.05, 3.63) is 29.0 Å². The van der Waals surface area contributed by atoms with Gasteiger partial charge in [-0.25, -0.2) is 4.39 Å². The fraction of sp³-hybridized carbons (Fsp3) is 0.462. The van der Waals surface area contributed by atoms with E-state index in [4.69, 9.17) is 16.3 Å². The van der Waals surface area contributed by atoms with E-state index in [2.05, 4.69) is 5.32 Å². The van der Waals surface area contributed by atoms with Gasteiger partial charge in [0.05, 0.1) is 5.02 Å². The Morgan fingerprint density at radius 1 is 1.44 bits per heavy atom. The van der Waals surface area contributed by atoms with Crippen molar-refractivity contribution in [1.29, 1.82) is 0 Å². The lowest BCUT2D eigenvalue weighted by Crippen LogP contribution is -2.36. The summed E-state index contributed by atoms with van der Waals surface area (Å²) in [5.74, 6) is -0.416. The molecule has 5 heteroatoms. The normalized spacial score (nSPS) is 15.7. The van der Waals surface area contributed by atoms with Crippen LogP contribution in [0.4, 0.5) is 4.39 Å². The van der Waals surface area contributed by atoms with E-state index < -0.39 is 5.82 Å². The molecule has 1 fully saturated rings. The number of halogens is 2. The molecule has 0 atom stereocenters. The van der Waals surface area contributed by atoms with Gasteiger partial charge in [0.2, 0.25) is 0 Å². The zero-order valence-corrected chi connectivity index (χ0v) is 10.7. The Morgan fingerprint density at radius 2 is 2.17 bits per heavy atom. The first-order chi connectivity index (χ1) is 8.65. The second-order valence-electron chi connectivity index (χ2n) is 4.41. The van der Waals surface area contributed by atoms with Gasteiger partial charge in [-0.05, 0) is 25.0 Å². The molecule has 1 aliphatic rings. The molecule has 0 unspecified atom stereocenters. The van der Waals surface area contributed by atoms with Crippen molar-refractivity contribution >= 4 is 17.5 Å². The molecule has 0 aliphatic heterocycles. The quantitative estimate of drug-likeness (QED) is 0.914. The summed E-state index contributed by atoms with van der Waals surface area (Å²) in [7, 11) is 0. The van der Waals surface area contributed by atoms with Crippen LogP contribution in [-0.4, -0.2) is 18.6 Å². The molecule has 3 nitrogen and oxygen atoms in total. The van der Waals surface area contributed by atoms with E-state index in [0.29, 0.717) is 5.75 Å². The number of carbonyl (C=O) groups is 1. The average Bonchev–Trinajstić information content (AvgIpc) is 2.83. The van der Waals surface area contributed by atoms with E-state index in [1.807, 2.05) is 0 Å². The largest absolute Gasteiger partial charge is 0.484 e. The van der Waals surface area contributed by atoms with Gasteiger partial charge in [0, 0.05) is 12.1 Å². The molecule has 0 bridgehead atoms. The molecule has 1 saturated carbocycles. The minimum absolute atomic E-state index is 0.0396. The van der Waals surface area contributed by atoms with Crippen LogP contribution in [0.1, 0.15) is 25.7 Å². The van der Waals surface area contributed by atoms with Gasteiger partial charge in [-0.1, -0.05) is 24.4 Å². The van der Waals surface area contributed by atoms with Crippen LogP contribution in [0.3, 0.4) is 0 Å². The molecule has 2 rings (SSSR count). The highest BCUT2D eigenvalue weighted by atomic mass is 35.5. The predicted octanol–water partition coefficient (Wildman–Crippen LogP) is 2.92. The van der Waals surface area contributed by atoms with E-state index in [-0.39, 0.29) is 23.6 Å². The third kappa shape index (κ3) is 3.60. The van der Waals surface area contributed by atoms with Crippen LogP contribution in [0.5, 0.6) is 5.75 Å². The Balaban J connectivity index is 1.79. The zero-order chi connectivity index (χ0) is 13.0. The first-order valence-electron chi connectivity index (χ1n) is 6.02. The number of ether oxygens (including phenoxy) is 1. The second-order valence-corrected chi connectivity index (χ2v) is 4.82. The van der Waals surface area contributed by atoms with Crippen LogP contribution in [0.25, 0.3) is 0 Å². The van der Waals surface area contributed by atoms with Crippen molar-refractivity contribution in [3.8, 4) is 5.75 Å². The molecule has 0 aromatic heterocycles. The fourth-order valence-electron chi connectivity index (χ4n) is 2.06. The maximum Gasteiger partial charge on any atom is 0.258 e. The summed E-state index contributed by atoms with van der Waals surface area (Å²) >= 11 is 5.55. The highest BCUT2D eigenvalue weighted by Gasteiger charge is 2.17.